The minimum Gasteiger partial charge on any atom is -0.458 e. The Bertz CT molecular complexity index is 930. The van der Waals surface area contributed by atoms with Gasteiger partial charge in [-0.3, -0.25) is 4.79 Å². The van der Waals surface area contributed by atoms with E-state index in [1.807, 2.05) is 43.3 Å². The number of alkyl halides is 1. The number of Topliss-reactive ketones (excluding diaryl/α,β-unsaturated/α-hetero) is 1. The van der Waals surface area contributed by atoms with Gasteiger partial charge in [0.05, 0.1) is 17.8 Å². The SMILES string of the molecule is CCC(Br)C1CCC(OC(=O)c2ccc(Br)cc2)C(CC(=O)c2ccc(Br)cc2)CC(C)O1. The van der Waals surface area contributed by atoms with E-state index in [0.29, 0.717) is 30.4 Å². The Morgan fingerprint density at radius 1 is 1.00 bits per heavy atom. The number of hydrogen-bond donors (Lipinski definition) is 0. The first-order chi connectivity index (χ1) is 15.8. The van der Waals surface area contributed by atoms with Gasteiger partial charge in [0.25, 0.3) is 0 Å². The van der Waals surface area contributed by atoms with Gasteiger partial charge in [-0.05, 0) is 69.0 Å². The lowest BCUT2D eigenvalue weighted by molar-refractivity contribution is -0.0639. The van der Waals surface area contributed by atoms with Gasteiger partial charge in [-0.15, -0.1) is 0 Å². The molecule has 0 spiro atoms. The van der Waals surface area contributed by atoms with Crippen molar-refractivity contribution in [2.45, 2.75) is 69.1 Å². The highest BCUT2D eigenvalue weighted by Gasteiger charge is 2.34. The lowest BCUT2D eigenvalue weighted by atomic mass is 9.84. The maximum Gasteiger partial charge on any atom is 0.338 e. The van der Waals surface area contributed by atoms with Crippen molar-refractivity contribution in [3.8, 4) is 0 Å². The lowest BCUT2D eigenvalue weighted by Gasteiger charge is -2.36. The first-order valence-corrected chi connectivity index (χ1v) is 13.8. The fourth-order valence-corrected chi connectivity index (χ4v) is 5.16. The molecule has 0 aromatic heterocycles. The van der Waals surface area contributed by atoms with E-state index < -0.39 is 0 Å². The Kier molecular flexibility index (Phi) is 10.2. The predicted molar refractivity (Wildman–Crippen MR) is 141 cm³/mol. The second-order valence-electron chi connectivity index (χ2n) is 8.57. The van der Waals surface area contributed by atoms with Crippen LogP contribution in [0.15, 0.2) is 57.5 Å². The van der Waals surface area contributed by atoms with Crippen LogP contribution in [-0.4, -0.2) is 34.9 Å². The Morgan fingerprint density at radius 2 is 1.58 bits per heavy atom. The van der Waals surface area contributed by atoms with Crippen molar-refractivity contribution in [2.24, 2.45) is 5.92 Å². The smallest absolute Gasteiger partial charge is 0.338 e. The minimum atomic E-state index is -0.356. The van der Waals surface area contributed by atoms with Crippen LogP contribution in [0.25, 0.3) is 0 Å². The number of ether oxygens (including phenoxy) is 2. The van der Waals surface area contributed by atoms with Crippen LogP contribution in [0.5, 0.6) is 0 Å². The van der Waals surface area contributed by atoms with E-state index >= 15 is 0 Å². The van der Waals surface area contributed by atoms with Crippen LogP contribution < -0.4 is 0 Å². The van der Waals surface area contributed by atoms with Crippen LogP contribution >= 0.6 is 47.8 Å². The summed E-state index contributed by atoms with van der Waals surface area (Å²) in [4.78, 5) is 26.3. The molecule has 5 unspecified atom stereocenters. The molecule has 0 N–H and O–H groups in total. The van der Waals surface area contributed by atoms with E-state index in [1.165, 1.54) is 0 Å². The van der Waals surface area contributed by atoms with E-state index in [1.54, 1.807) is 12.1 Å². The second kappa shape index (κ2) is 12.6. The largest absolute Gasteiger partial charge is 0.458 e. The predicted octanol–water partition coefficient (Wildman–Crippen LogP) is 7.76. The van der Waals surface area contributed by atoms with Crippen LogP contribution in [0.2, 0.25) is 0 Å². The molecule has 0 aliphatic carbocycles. The molecule has 1 heterocycles. The summed E-state index contributed by atoms with van der Waals surface area (Å²) >= 11 is 10.5. The molecule has 0 radical (unpaired) electrons. The average Bonchev–Trinajstić information content (AvgIpc) is 2.79. The van der Waals surface area contributed by atoms with Gasteiger partial charge in [0.15, 0.2) is 5.78 Å². The molecule has 1 saturated heterocycles. The number of halogens is 3. The molecule has 0 bridgehead atoms. The summed E-state index contributed by atoms with van der Waals surface area (Å²) < 4.78 is 14.2. The van der Waals surface area contributed by atoms with Crippen molar-refractivity contribution in [1.82, 2.24) is 0 Å². The van der Waals surface area contributed by atoms with Crippen LogP contribution in [0.3, 0.4) is 0 Å². The first-order valence-electron chi connectivity index (χ1n) is 11.3. The molecule has 1 fully saturated rings. The summed E-state index contributed by atoms with van der Waals surface area (Å²) in [6.45, 7) is 4.16. The highest BCUT2D eigenvalue weighted by Crippen LogP contribution is 2.33. The fraction of sp³-hybridized carbons (Fsp3) is 0.462. The molecule has 1 aliphatic rings. The first kappa shape index (κ1) is 26.6. The maximum atomic E-state index is 13.1. The summed E-state index contributed by atoms with van der Waals surface area (Å²) in [5.41, 5.74) is 1.17. The number of carbonyl (C=O) groups is 2. The van der Waals surface area contributed by atoms with Crippen molar-refractivity contribution in [3.63, 3.8) is 0 Å². The molecule has 178 valence electrons. The monoisotopic (exact) mass is 642 g/mol. The van der Waals surface area contributed by atoms with Crippen LogP contribution in [0, 0.1) is 5.92 Å². The Labute approximate surface area is 221 Å². The molecule has 7 heteroatoms. The molecular weight excluding hydrogens is 616 g/mol. The molecule has 0 saturated carbocycles. The van der Waals surface area contributed by atoms with Crippen molar-refractivity contribution in [1.29, 1.82) is 0 Å². The molecular formula is C26H29Br3O4. The molecule has 5 atom stereocenters. The zero-order valence-electron chi connectivity index (χ0n) is 18.8. The van der Waals surface area contributed by atoms with Gasteiger partial charge >= 0.3 is 5.97 Å². The minimum absolute atomic E-state index is 0.0431. The van der Waals surface area contributed by atoms with Crippen LogP contribution in [-0.2, 0) is 9.47 Å². The normalized spacial score (nSPS) is 24.4. The van der Waals surface area contributed by atoms with Gasteiger partial charge in [-0.2, -0.15) is 0 Å². The maximum absolute atomic E-state index is 13.1. The Morgan fingerprint density at radius 3 is 2.15 bits per heavy atom. The number of carbonyl (C=O) groups excluding carboxylic acids is 2. The van der Waals surface area contributed by atoms with Gasteiger partial charge in [0.1, 0.15) is 6.10 Å². The van der Waals surface area contributed by atoms with E-state index in [2.05, 4.69) is 54.7 Å². The topological polar surface area (TPSA) is 52.6 Å². The highest BCUT2D eigenvalue weighted by molar-refractivity contribution is 9.10. The standard InChI is InChI=1S/C26H29Br3O4/c1-3-22(29)25-13-12-24(33-26(31)18-6-10-21(28)11-7-18)19(14-16(2)32-25)15-23(30)17-4-8-20(27)9-5-17/h4-11,16,19,22,24-25H,3,12-15H2,1-2H3. The quantitative estimate of drug-likeness (QED) is 0.176. The number of benzene rings is 2. The Balaban J connectivity index is 1.80. The van der Waals surface area contributed by atoms with E-state index in [4.69, 9.17) is 9.47 Å². The molecule has 33 heavy (non-hydrogen) atoms. The molecule has 1 aliphatic heterocycles. The van der Waals surface area contributed by atoms with E-state index in [-0.39, 0.29) is 40.8 Å². The van der Waals surface area contributed by atoms with Crippen molar-refractivity contribution in [3.05, 3.63) is 68.6 Å². The van der Waals surface area contributed by atoms with Crippen LogP contribution in [0.1, 0.15) is 66.7 Å². The third-order valence-corrected chi connectivity index (χ3v) is 8.34. The Hall–Kier alpha value is -1.02. The van der Waals surface area contributed by atoms with Crippen LogP contribution in [0.4, 0.5) is 0 Å². The summed E-state index contributed by atoms with van der Waals surface area (Å²) in [5, 5.41) is 0. The van der Waals surface area contributed by atoms with Gasteiger partial charge < -0.3 is 9.47 Å². The summed E-state index contributed by atoms with van der Waals surface area (Å²) in [5.74, 6) is -0.425. The summed E-state index contributed by atoms with van der Waals surface area (Å²) in [6, 6.07) is 14.5. The van der Waals surface area contributed by atoms with Gasteiger partial charge in [0, 0.05) is 31.7 Å². The third kappa shape index (κ3) is 7.74. The third-order valence-electron chi connectivity index (χ3n) is 6.05. The molecule has 2 aromatic rings. The summed E-state index contributed by atoms with van der Waals surface area (Å²) in [6.07, 6.45) is 2.97. The number of hydrogen-bond acceptors (Lipinski definition) is 4. The lowest BCUT2D eigenvalue weighted by Crippen LogP contribution is -2.38. The van der Waals surface area contributed by atoms with Gasteiger partial charge in [0.2, 0.25) is 0 Å². The van der Waals surface area contributed by atoms with E-state index in [0.717, 1.165) is 21.8 Å². The zero-order chi connectivity index (χ0) is 24.0. The average molecular weight is 645 g/mol. The number of rotatable bonds is 7. The number of esters is 1. The van der Waals surface area contributed by atoms with Crippen molar-refractivity contribution in [2.75, 3.05) is 0 Å². The summed E-state index contributed by atoms with van der Waals surface area (Å²) in [7, 11) is 0. The molecule has 0 amide bonds. The van der Waals surface area contributed by atoms with Crippen molar-refractivity contribution < 1.29 is 19.1 Å². The van der Waals surface area contributed by atoms with Gasteiger partial charge in [-0.25, -0.2) is 4.79 Å². The molecule has 2 aromatic carbocycles. The fourth-order valence-electron chi connectivity index (χ4n) is 4.25. The highest BCUT2D eigenvalue weighted by atomic mass is 79.9. The second-order valence-corrected chi connectivity index (χ2v) is 11.6. The molecule has 4 nitrogen and oxygen atoms in total. The zero-order valence-corrected chi connectivity index (χ0v) is 23.6. The van der Waals surface area contributed by atoms with Gasteiger partial charge in [-0.1, -0.05) is 66.8 Å². The molecule has 3 rings (SSSR count). The van der Waals surface area contributed by atoms with E-state index in [9.17, 15) is 9.59 Å². The van der Waals surface area contributed by atoms with Crippen molar-refractivity contribution >= 4 is 59.5 Å². The number of ketones is 1.